The van der Waals surface area contributed by atoms with Gasteiger partial charge < -0.3 is 24.6 Å². The highest BCUT2D eigenvalue weighted by molar-refractivity contribution is 7.89. The molecule has 1 amide bonds. The van der Waals surface area contributed by atoms with E-state index in [-0.39, 0.29) is 36.4 Å². The van der Waals surface area contributed by atoms with Crippen molar-refractivity contribution in [1.82, 2.24) is 14.6 Å². The van der Waals surface area contributed by atoms with Crippen molar-refractivity contribution in [2.45, 2.75) is 49.8 Å². The second kappa shape index (κ2) is 14.6. The molecule has 0 saturated carbocycles. The lowest BCUT2D eigenvalue weighted by atomic mass is 9.98. The van der Waals surface area contributed by atoms with Gasteiger partial charge in [0.25, 0.3) is 0 Å². The molecule has 0 unspecified atom stereocenters. The number of alkyl carbamates (subject to hydrolysis) is 1. The molecule has 1 aliphatic rings. The van der Waals surface area contributed by atoms with Crippen molar-refractivity contribution in [3.63, 3.8) is 0 Å². The zero-order valence-electron chi connectivity index (χ0n) is 24.2. The number of ether oxygens (including phenoxy) is 3. The molecular weight excluding hydrogens is 558 g/mol. The Morgan fingerprint density at radius 2 is 1.71 bits per heavy atom. The van der Waals surface area contributed by atoms with Gasteiger partial charge >= 0.3 is 6.09 Å². The Hall–Kier alpha value is -3.51. The normalized spacial score (nSPS) is 16.8. The average molecular weight is 598 g/mol. The molecule has 1 saturated heterocycles. The largest absolute Gasteiger partial charge is 0.497 e. The summed E-state index contributed by atoms with van der Waals surface area (Å²) in [5.74, 6) is 0.527. The van der Waals surface area contributed by atoms with Crippen molar-refractivity contribution in [3.8, 4) is 16.9 Å². The van der Waals surface area contributed by atoms with Gasteiger partial charge in [0.2, 0.25) is 10.0 Å². The number of amides is 1. The van der Waals surface area contributed by atoms with Gasteiger partial charge in [-0.25, -0.2) is 13.2 Å². The summed E-state index contributed by atoms with van der Waals surface area (Å²) in [7, 11) is -2.44. The standard InChI is InChI=1S/C31H39N3O7S/c1-22(2)19-34(42(37,38)28-10-8-26(39-3)9-11-28)20-30(35)29(33-31(36)41-27-14-17-40-21-27)18-23-4-6-24(7-5-23)25-12-15-32-16-13-25/h4-13,15-16,22,27,29-30,35H,14,17-21H2,1-3H3,(H,33,36)/t27-,29-,30+/m0/s1. The fourth-order valence-corrected chi connectivity index (χ4v) is 6.39. The van der Waals surface area contributed by atoms with E-state index in [2.05, 4.69) is 10.3 Å². The molecule has 0 spiro atoms. The number of nitrogens with zero attached hydrogens (tertiary/aromatic N) is 2. The van der Waals surface area contributed by atoms with Crippen LogP contribution in [0.4, 0.5) is 4.79 Å². The summed E-state index contributed by atoms with van der Waals surface area (Å²) in [5, 5.41) is 14.3. The lowest BCUT2D eigenvalue weighted by molar-refractivity contribution is 0.0644. The number of methoxy groups -OCH3 is 1. The van der Waals surface area contributed by atoms with Crippen molar-refractivity contribution in [1.29, 1.82) is 0 Å². The highest BCUT2D eigenvalue weighted by atomic mass is 32.2. The van der Waals surface area contributed by atoms with Crippen LogP contribution in [0.2, 0.25) is 0 Å². The van der Waals surface area contributed by atoms with E-state index < -0.39 is 28.3 Å². The number of carbonyl (C=O) groups excluding carboxylic acids is 1. The Labute approximate surface area is 247 Å². The molecule has 0 aliphatic carbocycles. The molecule has 1 aromatic heterocycles. The molecule has 10 nitrogen and oxygen atoms in total. The van der Waals surface area contributed by atoms with Crippen molar-refractivity contribution >= 4 is 16.1 Å². The number of benzene rings is 2. The van der Waals surface area contributed by atoms with Crippen LogP contribution in [0.15, 0.2) is 78.0 Å². The average Bonchev–Trinajstić information content (AvgIpc) is 3.50. The maximum Gasteiger partial charge on any atom is 0.407 e. The van der Waals surface area contributed by atoms with E-state index in [0.717, 1.165) is 16.7 Å². The van der Waals surface area contributed by atoms with Crippen LogP contribution in [0, 0.1) is 5.92 Å². The predicted molar refractivity (Wildman–Crippen MR) is 159 cm³/mol. The first kappa shape index (κ1) is 31.4. The summed E-state index contributed by atoms with van der Waals surface area (Å²) in [6.45, 7) is 4.61. The van der Waals surface area contributed by atoms with Gasteiger partial charge in [-0.15, -0.1) is 0 Å². The zero-order chi connectivity index (χ0) is 30.1. The van der Waals surface area contributed by atoms with E-state index in [4.69, 9.17) is 14.2 Å². The number of rotatable bonds is 13. The molecule has 3 atom stereocenters. The summed E-state index contributed by atoms with van der Waals surface area (Å²) in [4.78, 5) is 17.0. The maximum atomic E-state index is 13.7. The van der Waals surface area contributed by atoms with Gasteiger partial charge in [-0.1, -0.05) is 38.1 Å². The molecule has 2 aromatic carbocycles. The Kier molecular flexibility index (Phi) is 10.9. The number of pyridine rings is 1. The Morgan fingerprint density at radius 1 is 1.05 bits per heavy atom. The molecule has 4 rings (SSSR count). The molecule has 11 heteroatoms. The highest BCUT2D eigenvalue weighted by Gasteiger charge is 2.32. The number of carbonyl (C=O) groups is 1. The third kappa shape index (κ3) is 8.51. The summed E-state index contributed by atoms with van der Waals surface area (Å²) < 4.78 is 44.5. The molecule has 2 heterocycles. The van der Waals surface area contributed by atoms with Crippen molar-refractivity contribution in [2.24, 2.45) is 5.92 Å². The Balaban J connectivity index is 1.55. The minimum absolute atomic E-state index is 0.00954. The second-order valence-corrected chi connectivity index (χ2v) is 12.7. The van der Waals surface area contributed by atoms with Gasteiger partial charge in [0.15, 0.2) is 0 Å². The smallest absolute Gasteiger partial charge is 0.407 e. The monoisotopic (exact) mass is 597 g/mol. The van der Waals surface area contributed by atoms with Crippen molar-refractivity contribution in [2.75, 3.05) is 33.4 Å². The van der Waals surface area contributed by atoms with Gasteiger partial charge in [0.05, 0.1) is 37.4 Å². The lowest BCUT2D eigenvalue weighted by Crippen LogP contribution is -2.51. The molecule has 42 heavy (non-hydrogen) atoms. The molecular formula is C31H39N3O7S. The summed E-state index contributed by atoms with van der Waals surface area (Å²) in [5.41, 5.74) is 2.87. The van der Waals surface area contributed by atoms with E-state index in [1.54, 1.807) is 24.5 Å². The van der Waals surface area contributed by atoms with Gasteiger partial charge in [-0.05, 0) is 65.4 Å². The minimum Gasteiger partial charge on any atom is -0.497 e. The van der Waals surface area contributed by atoms with E-state index in [0.29, 0.717) is 25.4 Å². The molecule has 226 valence electrons. The van der Waals surface area contributed by atoms with Gasteiger partial charge in [-0.3, -0.25) is 4.98 Å². The number of nitrogens with one attached hydrogen (secondary N) is 1. The molecule has 0 radical (unpaired) electrons. The van der Waals surface area contributed by atoms with E-state index >= 15 is 0 Å². The minimum atomic E-state index is -3.95. The summed E-state index contributed by atoms with van der Waals surface area (Å²) in [6.07, 6.45) is 2.02. The summed E-state index contributed by atoms with van der Waals surface area (Å²) >= 11 is 0. The van der Waals surface area contributed by atoms with Crippen LogP contribution in [0.25, 0.3) is 11.1 Å². The van der Waals surface area contributed by atoms with Crippen LogP contribution < -0.4 is 10.1 Å². The first-order chi connectivity index (χ1) is 20.2. The van der Waals surface area contributed by atoms with E-state index in [9.17, 15) is 18.3 Å². The van der Waals surface area contributed by atoms with Crippen LogP contribution in [-0.2, 0) is 25.9 Å². The number of hydrogen-bond acceptors (Lipinski definition) is 8. The molecule has 3 aromatic rings. The van der Waals surface area contributed by atoms with E-state index in [1.165, 1.54) is 23.5 Å². The third-order valence-corrected chi connectivity index (χ3v) is 8.86. The molecule has 2 N–H and O–H groups in total. The third-order valence-electron chi connectivity index (χ3n) is 7.01. The van der Waals surface area contributed by atoms with E-state index in [1.807, 2.05) is 50.2 Å². The highest BCUT2D eigenvalue weighted by Crippen LogP contribution is 2.23. The fraction of sp³-hybridized carbons (Fsp3) is 0.419. The number of aliphatic hydroxyl groups is 1. The molecule has 1 aliphatic heterocycles. The van der Waals surface area contributed by atoms with Crippen molar-refractivity contribution < 1.29 is 32.5 Å². The Bertz CT molecular complexity index is 1380. The predicted octanol–water partition coefficient (Wildman–Crippen LogP) is 3.89. The number of sulfonamides is 1. The number of hydrogen-bond donors (Lipinski definition) is 2. The second-order valence-electron chi connectivity index (χ2n) is 10.7. The lowest BCUT2D eigenvalue weighted by Gasteiger charge is -2.30. The Morgan fingerprint density at radius 3 is 2.31 bits per heavy atom. The van der Waals surface area contributed by atoms with Crippen LogP contribution in [0.3, 0.4) is 0 Å². The van der Waals surface area contributed by atoms with Gasteiger partial charge in [0, 0.05) is 31.9 Å². The maximum absolute atomic E-state index is 13.7. The van der Waals surface area contributed by atoms with Gasteiger partial charge in [0.1, 0.15) is 11.9 Å². The first-order valence-electron chi connectivity index (χ1n) is 14.0. The van der Waals surface area contributed by atoms with Crippen molar-refractivity contribution in [3.05, 3.63) is 78.6 Å². The van der Waals surface area contributed by atoms with Crippen LogP contribution >= 0.6 is 0 Å². The van der Waals surface area contributed by atoms with Gasteiger partial charge in [-0.2, -0.15) is 4.31 Å². The fourth-order valence-electron chi connectivity index (χ4n) is 4.77. The quantitative estimate of drug-likeness (QED) is 0.304. The molecule has 0 bridgehead atoms. The summed E-state index contributed by atoms with van der Waals surface area (Å²) in [6, 6.07) is 16.9. The van der Waals surface area contributed by atoms with Crippen LogP contribution in [-0.4, -0.2) is 80.6 Å². The first-order valence-corrected chi connectivity index (χ1v) is 15.5. The van der Waals surface area contributed by atoms with Crippen LogP contribution in [0.1, 0.15) is 25.8 Å². The number of aliphatic hydroxyl groups excluding tert-OH is 1. The topological polar surface area (TPSA) is 127 Å². The SMILES string of the molecule is COc1ccc(S(=O)(=O)N(CC(C)C)C[C@@H](O)[C@H](Cc2ccc(-c3ccncc3)cc2)NC(=O)O[C@H]2CCOC2)cc1. The molecule has 1 fully saturated rings. The van der Waals surface area contributed by atoms with Crippen LogP contribution in [0.5, 0.6) is 5.75 Å². The zero-order valence-corrected chi connectivity index (χ0v) is 25.0. The number of aromatic nitrogens is 1.